The smallest absolute Gasteiger partial charge is 0.236 e. The third kappa shape index (κ3) is 5.02. The number of carbonyl (C=O) groups excluding carboxylic acids is 2. The number of ether oxygens (including phenoxy) is 1. The van der Waals surface area contributed by atoms with Gasteiger partial charge in [0, 0.05) is 55.3 Å². The Morgan fingerprint density at radius 3 is 2.94 bits per heavy atom. The molecule has 2 fully saturated rings. The Hall–Kier alpha value is -2.82. The second-order valence-corrected chi connectivity index (χ2v) is 10.8. The van der Waals surface area contributed by atoms with Crippen molar-refractivity contribution in [3.05, 3.63) is 41.0 Å². The minimum atomic E-state index is -0.281. The van der Waals surface area contributed by atoms with Gasteiger partial charge in [0.1, 0.15) is 5.01 Å². The van der Waals surface area contributed by atoms with Crippen LogP contribution in [0.1, 0.15) is 50.1 Å². The first kappa shape index (κ1) is 24.9. The standard InChI is InChI=1S/C26H34N6O3S/c1-18(27-2)24(34)28-17-26(8-12-35-13-9-26)14-23(33)31-10-5-7-22(31)25-30-20(16-36-25)19-15-29-32-11-4-3-6-21(19)32/h3-4,6,11,15-16,18,22,27H,5,7-10,12-14,17H2,1-2H3,(H,28,34)/t18-,22-/m0/s1. The summed E-state index contributed by atoms with van der Waals surface area (Å²) in [5.41, 5.74) is 2.64. The molecule has 2 amide bonds. The molecule has 5 heterocycles. The van der Waals surface area contributed by atoms with Gasteiger partial charge < -0.3 is 20.3 Å². The zero-order valence-corrected chi connectivity index (χ0v) is 21.7. The molecule has 5 rings (SSSR count). The van der Waals surface area contributed by atoms with Crippen LogP contribution in [0.3, 0.4) is 0 Å². The first-order valence-electron chi connectivity index (χ1n) is 12.7. The van der Waals surface area contributed by atoms with E-state index < -0.39 is 0 Å². The highest BCUT2D eigenvalue weighted by atomic mass is 32.1. The molecule has 36 heavy (non-hydrogen) atoms. The van der Waals surface area contributed by atoms with E-state index in [4.69, 9.17) is 9.72 Å². The summed E-state index contributed by atoms with van der Waals surface area (Å²) in [5, 5.41) is 13.5. The molecular weight excluding hydrogens is 476 g/mol. The number of nitrogens with zero attached hydrogens (tertiary/aromatic N) is 4. The Kier molecular flexibility index (Phi) is 7.36. The van der Waals surface area contributed by atoms with E-state index in [-0.39, 0.29) is 29.3 Å². The van der Waals surface area contributed by atoms with Gasteiger partial charge in [-0.1, -0.05) is 6.07 Å². The average molecular weight is 511 g/mol. The van der Waals surface area contributed by atoms with Gasteiger partial charge in [0.05, 0.1) is 29.5 Å². The van der Waals surface area contributed by atoms with E-state index in [0.717, 1.165) is 54.0 Å². The first-order chi connectivity index (χ1) is 17.5. The van der Waals surface area contributed by atoms with Gasteiger partial charge >= 0.3 is 0 Å². The number of hydrogen-bond acceptors (Lipinski definition) is 7. The Balaban J connectivity index is 1.30. The molecule has 2 N–H and O–H groups in total. The van der Waals surface area contributed by atoms with Gasteiger partial charge in [0.25, 0.3) is 0 Å². The second-order valence-electron chi connectivity index (χ2n) is 9.92. The summed E-state index contributed by atoms with van der Waals surface area (Å²) in [7, 11) is 1.77. The highest BCUT2D eigenvalue weighted by Gasteiger charge is 2.40. The van der Waals surface area contributed by atoms with E-state index >= 15 is 0 Å². The molecule has 0 radical (unpaired) electrons. The molecule has 3 aromatic heterocycles. The van der Waals surface area contributed by atoms with E-state index in [1.807, 2.05) is 46.9 Å². The highest BCUT2D eigenvalue weighted by Crippen LogP contribution is 2.40. The van der Waals surface area contributed by atoms with Crippen molar-refractivity contribution < 1.29 is 14.3 Å². The van der Waals surface area contributed by atoms with E-state index in [1.54, 1.807) is 18.4 Å². The van der Waals surface area contributed by atoms with Crippen molar-refractivity contribution in [1.82, 2.24) is 30.1 Å². The molecule has 10 heteroatoms. The SMILES string of the molecule is CN[C@@H](C)C(=O)NCC1(CC(=O)N2CCC[C@H]2c2nc(-c3cnn4ccccc34)cs2)CCOCC1. The van der Waals surface area contributed by atoms with Crippen molar-refractivity contribution in [2.45, 2.75) is 51.1 Å². The number of carbonyl (C=O) groups is 2. The molecule has 9 nitrogen and oxygen atoms in total. The summed E-state index contributed by atoms with van der Waals surface area (Å²) in [5.74, 6) is 0.0981. The fourth-order valence-electron chi connectivity index (χ4n) is 5.22. The van der Waals surface area contributed by atoms with Crippen LogP contribution >= 0.6 is 11.3 Å². The average Bonchev–Trinajstić information content (AvgIpc) is 3.66. The van der Waals surface area contributed by atoms with E-state index in [1.165, 1.54) is 0 Å². The minimum Gasteiger partial charge on any atom is -0.381 e. The van der Waals surface area contributed by atoms with E-state index in [0.29, 0.717) is 26.2 Å². The number of fused-ring (bicyclic) bond motifs is 1. The van der Waals surface area contributed by atoms with Crippen molar-refractivity contribution >= 4 is 28.7 Å². The maximum Gasteiger partial charge on any atom is 0.236 e. The Morgan fingerprint density at radius 1 is 1.31 bits per heavy atom. The van der Waals surface area contributed by atoms with Gasteiger partial charge in [0.2, 0.25) is 11.8 Å². The summed E-state index contributed by atoms with van der Waals surface area (Å²) < 4.78 is 7.45. The number of aromatic nitrogens is 3. The number of rotatable bonds is 8. The molecule has 0 spiro atoms. The van der Waals surface area contributed by atoms with Crippen molar-refractivity contribution in [2.24, 2.45) is 5.41 Å². The van der Waals surface area contributed by atoms with Gasteiger partial charge in [-0.15, -0.1) is 11.3 Å². The third-order valence-electron chi connectivity index (χ3n) is 7.63. The quantitative estimate of drug-likeness (QED) is 0.483. The Bertz CT molecular complexity index is 1220. The van der Waals surface area contributed by atoms with Gasteiger partial charge in [-0.2, -0.15) is 5.10 Å². The lowest BCUT2D eigenvalue weighted by atomic mass is 9.76. The molecule has 192 valence electrons. The molecule has 2 saturated heterocycles. The van der Waals surface area contributed by atoms with Crippen molar-refractivity contribution in [3.63, 3.8) is 0 Å². The van der Waals surface area contributed by atoms with Crippen LogP contribution in [0.4, 0.5) is 0 Å². The van der Waals surface area contributed by atoms with Crippen LogP contribution in [-0.4, -0.2) is 70.7 Å². The fourth-order valence-corrected chi connectivity index (χ4v) is 6.19. The topological polar surface area (TPSA) is 101 Å². The lowest BCUT2D eigenvalue weighted by Crippen LogP contribution is -2.48. The summed E-state index contributed by atoms with van der Waals surface area (Å²) in [6, 6.07) is 5.72. The number of amides is 2. The van der Waals surface area contributed by atoms with Crippen molar-refractivity contribution in [1.29, 1.82) is 0 Å². The lowest BCUT2D eigenvalue weighted by molar-refractivity contribution is -0.137. The molecule has 0 bridgehead atoms. The van der Waals surface area contributed by atoms with Crippen LogP contribution in [0, 0.1) is 5.41 Å². The summed E-state index contributed by atoms with van der Waals surface area (Å²) >= 11 is 1.61. The van der Waals surface area contributed by atoms with Gasteiger partial charge in [-0.3, -0.25) is 9.59 Å². The number of likely N-dealkylation sites (tertiary alicyclic amines) is 1. The lowest BCUT2D eigenvalue weighted by Gasteiger charge is -2.38. The summed E-state index contributed by atoms with van der Waals surface area (Å²) in [4.78, 5) is 33.0. The van der Waals surface area contributed by atoms with Crippen LogP contribution in [0.2, 0.25) is 0 Å². The normalized spacial score (nSPS) is 20.5. The Labute approximate surface area is 215 Å². The number of hydrogen-bond donors (Lipinski definition) is 2. The number of pyridine rings is 1. The predicted octanol–water partition coefficient (Wildman–Crippen LogP) is 3.03. The number of nitrogens with one attached hydrogen (secondary N) is 2. The number of thiazole rings is 1. The number of likely N-dealkylation sites (N-methyl/N-ethyl adjacent to an activating group) is 1. The van der Waals surface area contributed by atoms with Crippen LogP contribution in [0.25, 0.3) is 16.8 Å². The maximum atomic E-state index is 13.7. The zero-order valence-electron chi connectivity index (χ0n) is 20.9. The van der Waals surface area contributed by atoms with Gasteiger partial charge in [-0.05, 0) is 51.8 Å². The molecule has 2 atom stereocenters. The summed E-state index contributed by atoms with van der Waals surface area (Å²) in [6.45, 7) is 4.29. The third-order valence-corrected chi connectivity index (χ3v) is 8.57. The molecule has 3 aromatic rings. The summed E-state index contributed by atoms with van der Waals surface area (Å²) in [6.07, 6.45) is 7.60. The Morgan fingerprint density at radius 2 is 2.14 bits per heavy atom. The monoisotopic (exact) mass is 510 g/mol. The molecule has 0 aromatic carbocycles. The minimum absolute atomic E-state index is 0.00566. The van der Waals surface area contributed by atoms with E-state index in [2.05, 4.69) is 21.1 Å². The predicted molar refractivity (Wildman–Crippen MR) is 139 cm³/mol. The highest BCUT2D eigenvalue weighted by molar-refractivity contribution is 7.10. The zero-order chi connectivity index (χ0) is 25.1. The molecular formula is C26H34N6O3S. The maximum absolute atomic E-state index is 13.7. The molecule has 2 aliphatic rings. The molecule has 2 aliphatic heterocycles. The van der Waals surface area contributed by atoms with Crippen molar-refractivity contribution in [2.75, 3.05) is 33.4 Å². The molecule has 0 saturated carbocycles. The molecule has 0 aliphatic carbocycles. The van der Waals surface area contributed by atoms with Gasteiger partial charge in [-0.25, -0.2) is 9.50 Å². The largest absolute Gasteiger partial charge is 0.381 e. The fraction of sp³-hybridized carbons (Fsp3) is 0.538. The van der Waals surface area contributed by atoms with E-state index in [9.17, 15) is 9.59 Å². The molecule has 0 unspecified atom stereocenters. The van der Waals surface area contributed by atoms with Crippen LogP contribution in [-0.2, 0) is 14.3 Å². The van der Waals surface area contributed by atoms with Gasteiger partial charge in [0.15, 0.2) is 0 Å². The van der Waals surface area contributed by atoms with Crippen LogP contribution in [0.5, 0.6) is 0 Å². The van der Waals surface area contributed by atoms with Crippen LogP contribution < -0.4 is 10.6 Å². The second kappa shape index (κ2) is 10.7. The van der Waals surface area contributed by atoms with Crippen molar-refractivity contribution in [3.8, 4) is 11.3 Å². The first-order valence-corrected chi connectivity index (χ1v) is 13.6. The van der Waals surface area contributed by atoms with Crippen LogP contribution in [0.15, 0.2) is 36.0 Å².